The van der Waals surface area contributed by atoms with E-state index in [1.54, 1.807) is 7.05 Å². The van der Waals surface area contributed by atoms with E-state index >= 15 is 0 Å². The molecular weight excluding hydrogens is 382 g/mol. The molecule has 0 fully saturated rings. The van der Waals surface area contributed by atoms with E-state index in [0.29, 0.717) is 16.1 Å². The Kier molecular flexibility index (Phi) is 5.11. The third kappa shape index (κ3) is 3.89. The molecule has 0 saturated carbocycles. The van der Waals surface area contributed by atoms with Crippen molar-refractivity contribution < 1.29 is 4.79 Å². The Morgan fingerprint density at radius 2 is 1.79 bits per heavy atom. The Morgan fingerprint density at radius 1 is 1.07 bits per heavy atom. The number of aryl methyl sites for hydroxylation is 1. The highest BCUT2D eigenvalue weighted by Crippen LogP contribution is 2.25. The quantitative estimate of drug-likeness (QED) is 0.309. The second kappa shape index (κ2) is 7.72. The van der Waals surface area contributed by atoms with E-state index in [1.807, 2.05) is 74.5 Å². The van der Waals surface area contributed by atoms with Crippen LogP contribution in [0.4, 0.5) is 5.69 Å². The second-order valence-electron chi connectivity index (χ2n) is 7.09. The van der Waals surface area contributed by atoms with E-state index in [9.17, 15) is 9.59 Å². The molecule has 3 aromatic carbocycles. The van der Waals surface area contributed by atoms with Crippen LogP contribution in [-0.2, 0) is 11.8 Å². The first kappa shape index (κ1) is 19.2. The average Bonchev–Trinajstić information content (AvgIpc) is 2.70. The molecule has 0 aliphatic heterocycles. The monoisotopic (exact) mass is 403 g/mol. The van der Waals surface area contributed by atoms with Crippen molar-refractivity contribution in [2.75, 3.05) is 5.32 Å². The number of nitrogens with one attached hydrogen (secondary N) is 1. The molecule has 5 nitrogen and oxygen atoms in total. The van der Waals surface area contributed by atoms with Gasteiger partial charge in [-0.1, -0.05) is 48.2 Å². The largest absolute Gasteiger partial charge is 0.325 e. The van der Waals surface area contributed by atoms with Crippen LogP contribution in [0, 0.1) is 6.92 Å². The fourth-order valence-electron chi connectivity index (χ4n) is 3.22. The van der Waals surface area contributed by atoms with Crippen molar-refractivity contribution in [1.82, 2.24) is 9.55 Å². The molecule has 0 unspecified atom stereocenters. The van der Waals surface area contributed by atoms with E-state index < -0.39 is 5.25 Å². The molecule has 1 heterocycles. The molecule has 146 valence electrons. The van der Waals surface area contributed by atoms with Gasteiger partial charge in [-0.25, -0.2) is 4.98 Å². The van der Waals surface area contributed by atoms with Gasteiger partial charge in [-0.2, -0.15) is 0 Å². The molecule has 1 amide bonds. The second-order valence-corrected chi connectivity index (χ2v) is 8.40. The van der Waals surface area contributed by atoms with Gasteiger partial charge in [0.1, 0.15) is 0 Å². The van der Waals surface area contributed by atoms with Crippen molar-refractivity contribution >= 4 is 45.0 Å². The zero-order chi connectivity index (χ0) is 20.5. The lowest BCUT2D eigenvalue weighted by Crippen LogP contribution is -2.25. The third-order valence-corrected chi connectivity index (χ3v) is 5.98. The Morgan fingerprint density at radius 3 is 2.52 bits per heavy atom. The van der Waals surface area contributed by atoms with Gasteiger partial charge >= 0.3 is 0 Å². The van der Waals surface area contributed by atoms with Crippen LogP contribution >= 0.6 is 11.8 Å². The maximum absolute atomic E-state index is 12.9. The number of hydrogen-bond donors (Lipinski definition) is 1. The highest BCUT2D eigenvalue weighted by atomic mass is 32.2. The molecule has 0 spiro atoms. The molecule has 4 rings (SSSR count). The zero-order valence-electron chi connectivity index (χ0n) is 16.5. The number of carbonyl (C=O) groups excluding carboxylic acids is 1. The van der Waals surface area contributed by atoms with Gasteiger partial charge in [0, 0.05) is 12.7 Å². The van der Waals surface area contributed by atoms with Crippen molar-refractivity contribution in [2.24, 2.45) is 7.05 Å². The van der Waals surface area contributed by atoms with Crippen LogP contribution < -0.4 is 10.9 Å². The van der Waals surface area contributed by atoms with Crippen LogP contribution in [0.5, 0.6) is 0 Å². The molecule has 1 atom stereocenters. The molecule has 4 aromatic rings. The number of anilines is 1. The molecule has 0 saturated heterocycles. The summed E-state index contributed by atoms with van der Waals surface area (Å²) in [5, 5.41) is 5.64. The van der Waals surface area contributed by atoms with E-state index in [2.05, 4.69) is 10.3 Å². The van der Waals surface area contributed by atoms with Crippen molar-refractivity contribution in [3.63, 3.8) is 0 Å². The van der Waals surface area contributed by atoms with Gasteiger partial charge in [-0.15, -0.1) is 0 Å². The minimum Gasteiger partial charge on any atom is -0.325 e. The molecule has 0 aliphatic carbocycles. The maximum Gasteiger partial charge on any atom is 0.261 e. The van der Waals surface area contributed by atoms with E-state index in [1.165, 1.54) is 16.3 Å². The summed E-state index contributed by atoms with van der Waals surface area (Å²) in [5.74, 6) is -0.131. The Balaban J connectivity index is 1.64. The normalized spacial score (nSPS) is 12.2. The van der Waals surface area contributed by atoms with Gasteiger partial charge in [-0.05, 0) is 54.4 Å². The fraction of sp³-hybridized carbons (Fsp3) is 0.174. The SMILES string of the molecule is Cc1cccc(NC(=O)[C@H](C)Sc2nc3cc4ccccc4cc3c(=O)n2C)c1. The third-order valence-electron chi connectivity index (χ3n) is 4.84. The van der Waals surface area contributed by atoms with E-state index in [-0.39, 0.29) is 11.5 Å². The molecule has 29 heavy (non-hydrogen) atoms. The number of amides is 1. The minimum absolute atomic E-state index is 0.116. The topological polar surface area (TPSA) is 64.0 Å². The predicted octanol–water partition coefficient (Wildman–Crippen LogP) is 4.51. The first-order chi connectivity index (χ1) is 13.9. The number of rotatable bonds is 4. The van der Waals surface area contributed by atoms with Crippen LogP contribution in [-0.4, -0.2) is 20.7 Å². The molecule has 1 N–H and O–H groups in total. The lowest BCUT2D eigenvalue weighted by Gasteiger charge is -2.14. The van der Waals surface area contributed by atoms with Gasteiger partial charge in [0.2, 0.25) is 5.91 Å². The van der Waals surface area contributed by atoms with Crippen LogP contribution in [0.15, 0.2) is 70.6 Å². The summed E-state index contributed by atoms with van der Waals surface area (Å²) in [7, 11) is 1.69. The smallest absolute Gasteiger partial charge is 0.261 e. The Labute approximate surface area is 172 Å². The number of fused-ring (bicyclic) bond motifs is 2. The highest BCUT2D eigenvalue weighted by Gasteiger charge is 2.19. The summed E-state index contributed by atoms with van der Waals surface area (Å²) in [5.41, 5.74) is 2.36. The van der Waals surface area contributed by atoms with Gasteiger partial charge in [0.25, 0.3) is 5.56 Å². The molecule has 1 aromatic heterocycles. The van der Waals surface area contributed by atoms with Gasteiger partial charge in [-0.3, -0.25) is 14.2 Å². The summed E-state index contributed by atoms with van der Waals surface area (Å²) in [6.45, 7) is 3.79. The van der Waals surface area contributed by atoms with Crippen LogP contribution in [0.2, 0.25) is 0 Å². The summed E-state index contributed by atoms with van der Waals surface area (Å²) in [6, 6.07) is 19.4. The van der Waals surface area contributed by atoms with Crippen LogP contribution in [0.1, 0.15) is 12.5 Å². The lowest BCUT2D eigenvalue weighted by atomic mass is 10.1. The van der Waals surface area contributed by atoms with Gasteiger partial charge < -0.3 is 5.32 Å². The molecule has 0 radical (unpaired) electrons. The number of carbonyl (C=O) groups is 1. The van der Waals surface area contributed by atoms with Crippen molar-refractivity contribution in [3.05, 3.63) is 76.6 Å². The average molecular weight is 404 g/mol. The number of thioether (sulfide) groups is 1. The number of hydrogen-bond acceptors (Lipinski definition) is 4. The highest BCUT2D eigenvalue weighted by molar-refractivity contribution is 8.00. The molecular formula is C23H21N3O2S. The van der Waals surface area contributed by atoms with E-state index in [0.717, 1.165) is 22.0 Å². The first-order valence-corrected chi connectivity index (χ1v) is 10.2. The summed E-state index contributed by atoms with van der Waals surface area (Å²) >= 11 is 1.28. The Hall–Kier alpha value is -3.12. The Bertz CT molecular complexity index is 1300. The number of aromatic nitrogens is 2. The molecule has 6 heteroatoms. The zero-order valence-corrected chi connectivity index (χ0v) is 17.3. The fourth-order valence-corrected chi connectivity index (χ4v) is 4.10. The van der Waals surface area contributed by atoms with Crippen molar-refractivity contribution in [2.45, 2.75) is 24.3 Å². The van der Waals surface area contributed by atoms with Gasteiger partial charge in [0.15, 0.2) is 5.16 Å². The molecule has 0 bridgehead atoms. The predicted molar refractivity (Wildman–Crippen MR) is 120 cm³/mol. The maximum atomic E-state index is 12.9. The van der Waals surface area contributed by atoms with Crippen LogP contribution in [0.3, 0.4) is 0 Å². The number of benzene rings is 3. The van der Waals surface area contributed by atoms with Crippen molar-refractivity contribution in [3.8, 4) is 0 Å². The number of nitrogens with zero attached hydrogens (tertiary/aromatic N) is 2. The minimum atomic E-state index is -0.411. The molecule has 0 aliphatic rings. The summed E-state index contributed by atoms with van der Waals surface area (Å²) in [6.07, 6.45) is 0. The lowest BCUT2D eigenvalue weighted by molar-refractivity contribution is -0.115. The van der Waals surface area contributed by atoms with Gasteiger partial charge in [0.05, 0.1) is 16.2 Å². The van der Waals surface area contributed by atoms with E-state index in [4.69, 9.17) is 0 Å². The summed E-state index contributed by atoms with van der Waals surface area (Å²) < 4.78 is 1.51. The van der Waals surface area contributed by atoms with Crippen LogP contribution in [0.25, 0.3) is 21.7 Å². The summed E-state index contributed by atoms with van der Waals surface area (Å²) in [4.78, 5) is 30.2. The van der Waals surface area contributed by atoms with Crippen molar-refractivity contribution in [1.29, 1.82) is 0 Å². The standard InChI is InChI=1S/C23H21N3O2S/c1-14-7-6-10-18(11-14)24-21(27)15(2)29-23-25-20-13-17-9-5-4-8-16(17)12-19(20)22(28)26(23)3/h4-13,15H,1-3H3,(H,24,27)/t15-/m0/s1. The first-order valence-electron chi connectivity index (χ1n) is 9.36.